The minimum absolute atomic E-state index is 0.0672. The van der Waals surface area contributed by atoms with Gasteiger partial charge in [-0.05, 0) is 66.6 Å². The van der Waals surface area contributed by atoms with Crippen molar-refractivity contribution in [2.45, 2.75) is 39.7 Å². The number of benzene rings is 2. The molecule has 3 rings (SSSR count). The topological polar surface area (TPSA) is 67.9 Å². The number of methoxy groups -OCH3 is 1. The van der Waals surface area contributed by atoms with Crippen LogP contribution in [-0.2, 0) is 11.3 Å². The summed E-state index contributed by atoms with van der Waals surface area (Å²) in [6.07, 6.45) is 6.54. The van der Waals surface area contributed by atoms with Crippen molar-refractivity contribution in [3.8, 4) is 11.5 Å². The van der Waals surface area contributed by atoms with E-state index in [9.17, 15) is 9.59 Å². The van der Waals surface area contributed by atoms with Crippen LogP contribution in [-0.4, -0.2) is 43.5 Å². The lowest BCUT2D eigenvalue weighted by Gasteiger charge is -2.26. The van der Waals surface area contributed by atoms with Gasteiger partial charge in [0.15, 0.2) is 11.5 Å². The zero-order valence-electron chi connectivity index (χ0n) is 19.8. The molecule has 1 N–H and O–H groups in total. The standard InChI is InChI=1S/C27H34N2O4/c1-20(2)19-33-24-12-10-21(17-25(24)32-3)11-13-26(30)28-18-22-8-7-9-23(16-22)27(31)29-14-5-4-6-15-29/h7-13,16-17,20H,4-6,14-15,18-19H2,1-3H3,(H,28,30)/b13-11+. The Kier molecular flexibility index (Phi) is 8.93. The van der Waals surface area contributed by atoms with Crippen molar-refractivity contribution in [3.05, 3.63) is 65.2 Å². The van der Waals surface area contributed by atoms with Gasteiger partial charge >= 0.3 is 0 Å². The first kappa shape index (κ1) is 24.4. The van der Waals surface area contributed by atoms with E-state index in [2.05, 4.69) is 19.2 Å². The highest BCUT2D eigenvalue weighted by atomic mass is 16.5. The van der Waals surface area contributed by atoms with Crippen molar-refractivity contribution in [3.63, 3.8) is 0 Å². The lowest BCUT2D eigenvalue weighted by atomic mass is 10.1. The molecule has 6 nitrogen and oxygen atoms in total. The van der Waals surface area contributed by atoms with E-state index in [-0.39, 0.29) is 11.8 Å². The number of likely N-dealkylation sites (tertiary alicyclic amines) is 1. The van der Waals surface area contributed by atoms with Crippen LogP contribution in [0.3, 0.4) is 0 Å². The molecule has 176 valence electrons. The number of carbonyl (C=O) groups excluding carboxylic acids is 2. The van der Waals surface area contributed by atoms with Crippen molar-refractivity contribution in [1.29, 1.82) is 0 Å². The number of piperidine rings is 1. The summed E-state index contributed by atoms with van der Waals surface area (Å²) in [4.78, 5) is 26.9. The SMILES string of the molecule is COc1cc(/C=C/C(=O)NCc2cccc(C(=O)N3CCCCC3)c2)ccc1OCC(C)C. The number of rotatable bonds is 9. The predicted molar refractivity (Wildman–Crippen MR) is 130 cm³/mol. The van der Waals surface area contributed by atoms with Crippen molar-refractivity contribution in [2.75, 3.05) is 26.8 Å². The third-order valence-corrected chi connectivity index (χ3v) is 5.47. The number of carbonyl (C=O) groups is 2. The van der Waals surface area contributed by atoms with E-state index in [0.717, 1.165) is 37.1 Å². The zero-order valence-corrected chi connectivity index (χ0v) is 19.8. The van der Waals surface area contributed by atoms with Crippen LogP contribution in [0.2, 0.25) is 0 Å². The highest BCUT2D eigenvalue weighted by Crippen LogP contribution is 2.29. The Hall–Kier alpha value is -3.28. The number of hydrogen-bond donors (Lipinski definition) is 1. The molecule has 0 atom stereocenters. The molecule has 0 bridgehead atoms. The zero-order chi connectivity index (χ0) is 23.6. The molecule has 0 radical (unpaired) electrons. The van der Waals surface area contributed by atoms with Crippen molar-refractivity contribution in [1.82, 2.24) is 10.2 Å². The molecule has 1 aliphatic rings. The first-order valence-corrected chi connectivity index (χ1v) is 11.6. The Bertz CT molecular complexity index is 978. The maximum Gasteiger partial charge on any atom is 0.253 e. The predicted octanol–water partition coefficient (Wildman–Crippen LogP) is 4.69. The van der Waals surface area contributed by atoms with Gasteiger partial charge in [0.2, 0.25) is 5.91 Å². The number of amides is 2. The summed E-state index contributed by atoms with van der Waals surface area (Å²) < 4.78 is 11.2. The van der Waals surface area contributed by atoms with Crippen LogP contribution in [0.1, 0.15) is 54.6 Å². The monoisotopic (exact) mass is 450 g/mol. The summed E-state index contributed by atoms with van der Waals surface area (Å²) in [5.41, 5.74) is 2.41. The van der Waals surface area contributed by atoms with E-state index in [1.54, 1.807) is 13.2 Å². The molecule has 0 spiro atoms. The van der Waals surface area contributed by atoms with Gasteiger partial charge in [-0.2, -0.15) is 0 Å². The quantitative estimate of drug-likeness (QED) is 0.563. The molecule has 1 heterocycles. The van der Waals surface area contributed by atoms with Gasteiger partial charge in [-0.25, -0.2) is 0 Å². The third-order valence-electron chi connectivity index (χ3n) is 5.47. The second-order valence-electron chi connectivity index (χ2n) is 8.72. The normalized spacial score (nSPS) is 13.9. The molecule has 2 aromatic rings. The van der Waals surface area contributed by atoms with Crippen molar-refractivity contribution < 1.29 is 19.1 Å². The summed E-state index contributed by atoms with van der Waals surface area (Å²) in [6, 6.07) is 13.1. The van der Waals surface area contributed by atoms with Gasteiger partial charge in [-0.1, -0.05) is 32.0 Å². The summed E-state index contributed by atoms with van der Waals surface area (Å²) in [7, 11) is 1.60. The number of nitrogens with zero attached hydrogens (tertiary/aromatic N) is 1. The van der Waals surface area contributed by atoms with E-state index < -0.39 is 0 Å². The molecule has 2 amide bonds. The minimum atomic E-state index is -0.207. The molecule has 2 aromatic carbocycles. The molecule has 0 unspecified atom stereocenters. The fourth-order valence-corrected chi connectivity index (χ4v) is 3.68. The van der Waals surface area contributed by atoms with Gasteiger partial charge in [0.25, 0.3) is 5.91 Å². The van der Waals surface area contributed by atoms with Crippen molar-refractivity contribution >= 4 is 17.9 Å². The van der Waals surface area contributed by atoms with Crippen LogP contribution in [0.15, 0.2) is 48.5 Å². The maximum absolute atomic E-state index is 12.7. The Morgan fingerprint density at radius 3 is 2.58 bits per heavy atom. The molecule has 33 heavy (non-hydrogen) atoms. The molecule has 0 aromatic heterocycles. The van der Waals surface area contributed by atoms with Crippen LogP contribution < -0.4 is 14.8 Å². The Morgan fingerprint density at radius 1 is 1.06 bits per heavy atom. The van der Waals surface area contributed by atoms with E-state index in [0.29, 0.717) is 36.1 Å². The number of ether oxygens (including phenoxy) is 2. The third kappa shape index (κ3) is 7.38. The van der Waals surface area contributed by atoms with Crippen LogP contribution in [0.4, 0.5) is 0 Å². The first-order chi connectivity index (χ1) is 16.0. The molecule has 1 saturated heterocycles. The van der Waals surface area contributed by atoms with Crippen LogP contribution in [0, 0.1) is 5.92 Å². The highest BCUT2D eigenvalue weighted by Gasteiger charge is 2.18. The average molecular weight is 451 g/mol. The fourth-order valence-electron chi connectivity index (χ4n) is 3.68. The van der Waals surface area contributed by atoms with Crippen molar-refractivity contribution in [2.24, 2.45) is 5.92 Å². The van der Waals surface area contributed by atoms with Crippen LogP contribution in [0.5, 0.6) is 11.5 Å². The van der Waals surface area contributed by atoms with Gasteiger partial charge < -0.3 is 19.7 Å². The smallest absolute Gasteiger partial charge is 0.253 e. The van der Waals surface area contributed by atoms with E-state index in [1.807, 2.05) is 47.4 Å². The van der Waals surface area contributed by atoms with Gasteiger partial charge in [0, 0.05) is 31.3 Å². The maximum atomic E-state index is 12.7. The molecule has 6 heteroatoms. The van der Waals surface area contributed by atoms with E-state index >= 15 is 0 Å². The van der Waals surface area contributed by atoms with Gasteiger partial charge in [0.05, 0.1) is 13.7 Å². The Morgan fingerprint density at radius 2 is 1.85 bits per heavy atom. The largest absolute Gasteiger partial charge is 0.493 e. The van der Waals surface area contributed by atoms with Crippen LogP contribution >= 0.6 is 0 Å². The van der Waals surface area contributed by atoms with E-state index in [1.165, 1.54) is 12.5 Å². The summed E-state index contributed by atoms with van der Waals surface area (Å²) >= 11 is 0. The first-order valence-electron chi connectivity index (χ1n) is 11.6. The fraction of sp³-hybridized carbons (Fsp3) is 0.407. The highest BCUT2D eigenvalue weighted by molar-refractivity contribution is 5.94. The number of hydrogen-bond acceptors (Lipinski definition) is 4. The Labute approximate surface area is 196 Å². The van der Waals surface area contributed by atoms with Crippen LogP contribution in [0.25, 0.3) is 6.08 Å². The molecule has 0 aliphatic carbocycles. The van der Waals surface area contributed by atoms with E-state index in [4.69, 9.17) is 9.47 Å². The second-order valence-corrected chi connectivity index (χ2v) is 8.72. The lowest BCUT2D eigenvalue weighted by Crippen LogP contribution is -2.35. The summed E-state index contributed by atoms with van der Waals surface area (Å²) in [5, 5.41) is 2.88. The summed E-state index contributed by atoms with van der Waals surface area (Å²) in [5.74, 6) is 1.60. The van der Waals surface area contributed by atoms with Gasteiger partial charge in [-0.15, -0.1) is 0 Å². The van der Waals surface area contributed by atoms with Gasteiger partial charge in [-0.3, -0.25) is 9.59 Å². The Balaban J connectivity index is 1.55. The minimum Gasteiger partial charge on any atom is -0.493 e. The molecule has 1 fully saturated rings. The molecule has 1 aliphatic heterocycles. The second kappa shape index (κ2) is 12.1. The summed E-state index contributed by atoms with van der Waals surface area (Å²) in [6.45, 7) is 6.78. The number of nitrogens with one attached hydrogen (secondary N) is 1. The molecular weight excluding hydrogens is 416 g/mol. The molecule has 0 saturated carbocycles. The lowest BCUT2D eigenvalue weighted by molar-refractivity contribution is -0.116. The average Bonchev–Trinajstić information content (AvgIpc) is 2.85. The van der Waals surface area contributed by atoms with Gasteiger partial charge in [0.1, 0.15) is 0 Å². The molecular formula is C27H34N2O4.